The fourth-order valence-electron chi connectivity index (χ4n) is 2.48. The minimum absolute atomic E-state index is 0.0205. The van der Waals surface area contributed by atoms with Gasteiger partial charge in [-0.3, -0.25) is 4.79 Å². The molecule has 0 radical (unpaired) electrons. The van der Waals surface area contributed by atoms with E-state index in [9.17, 15) is 4.79 Å². The first-order chi connectivity index (χ1) is 13.2. The predicted octanol–water partition coefficient (Wildman–Crippen LogP) is 4.42. The highest BCUT2D eigenvalue weighted by Crippen LogP contribution is 2.22. The van der Waals surface area contributed by atoms with E-state index in [0.717, 1.165) is 24.3 Å². The number of halogens is 1. The Balaban J connectivity index is 1.95. The normalized spacial score (nSPS) is 12.6. The summed E-state index contributed by atoms with van der Waals surface area (Å²) in [6.07, 6.45) is 2.45. The third-order valence-electron chi connectivity index (χ3n) is 3.88. The van der Waals surface area contributed by atoms with Crippen molar-refractivity contribution in [1.82, 2.24) is 9.78 Å². The Morgan fingerprint density at radius 3 is 2.50 bits per heavy atom. The Kier molecular flexibility index (Phi) is 7.89. The summed E-state index contributed by atoms with van der Waals surface area (Å²) in [6.45, 7) is 11.3. The van der Waals surface area contributed by atoms with Gasteiger partial charge in [0.2, 0.25) is 0 Å². The van der Waals surface area contributed by atoms with E-state index in [1.807, 2.05) is 52.0 Å². The van der Waals surface area contributed by atoms with Crippen LogP contribution in [0.25, 0.3) is 0 Å². The van der Waals surface area contributed by atoms with Crippen molar-refractivity contribution in [2.75, 3.05) is 13.2 Å². The molecule has 6 nitrogen and oxygen atoms in total. The SMILES string of the molecule is CCCOCC(C)Oc1ccc(COc2cnn(C(C)(C)C)c(=O)c2Cl)cc1. The second-order valence-electron chi connectivity index (χ2n) is 7.65. The molecule has 0 spiro atoms. The van der Waals surface area contributed by atoms with Crippen molar-refractivity contribution < 1.29 is 14.2 Å². The molecular formula is C21H29ClN2O4. The smallest absolute Gasteiger partial charge is 0.289 e. The molecule has 0 bridgehead atoms. The summed E-state index contributed by atoms with van der Waals surface area (Å²) in [6, 6.07) is 7.58. The van der Waals surface area contributed by atoms with Crippen LogP contribution in [0.1, 0.15) is 46.6 Å². The molecule has 0 amide bonds. The van der Waals surface area contributed by atoms with Gasteiger partial charge >= 0.3 is 0 Å². The maximum atomic E-state index is 12.4. The lowest BCUT2D eigenvalue weighted by molar-refractivity contribution is 0.0589. The topological polar surface area (TPSA) is 62.6 Å². The number of hydrogen-bond donors (Lipinski definition) is 0. The van der Waals surface area contributed by atoms with Gasteiger partial charge in [0, 0.05) is 6.61 Å². The van der Waals surface area contributed by atoms with Gasteiger partial charge in [-0.25, -0.2) is 4.68 Å². The number of aromatic nitrogens is 2. The van der Waals surface area contributed by atoms with E-state index in [0.29, 0.717) is 6.61 Å². The zero-order valence-corrected chi connectivity index (χ0v) is 18.0. The van der Waals surface area contributed by atoms with Crippen LogP contribution in [0.2, 0.25) is 5.02 Å². The van der Waals surface area contributed by atoms with Gasteiger partial charge in [-0.2, -0.15) is 5.10 Å². The fourth-order valence-corrected chi connectivity index (χ4v) is 2.66. The molecule has 1 unspecified atom stereocenters. The third kappa shape index (κ3) is 6.24. The highest BCUT2D eigenvalue weighted by Gasteiger charge is 2.20. The average molecular weight is 409 g/mol. The summed E-state index contributed by atoms with van der Waals surface area (Å²) in [7, 11) is 0. The number of hydrogen-bond acceptors (Lipinski definition) is 5. The molecule has 0 N–H and O–H groups in total. The van der Waals surface area contributed by atoms with Gasteiger partial charge in [0.25, 0.3) is 5.56 Å². The molecule has 7 heteroatoms. The summed E-state index contributed by atoms with van der Waals surface area (Å²) in [5, 5.41) is 4.20. The molecule has 1 heterocycles. The molecule has 1 atom stereocenters. The lowest BCUT2D eigenvalue weighted by Crippen LogP contribution is -2.36. The van der Waals surface area contributed by atoms with Crippen LogP contribution in [0.4, 0.5) is 0 Å². The minimum atomic E-state index is -0.451. The van der Waals surface area contributed by atoms with Gasteiger partial charge in [0.15, 0.2) is 10.8 Å². The maximum absolute atomic E-state index is 12.4. The van der Waals surface area contributed by atoms with E-state index in [-0.39, 0.29) is 29.0 Å². The predicted molar refractivity (Wildman–Crippen MR) is 110 cm³/mol. The Morgan fingerprint density at radius 1 is 1.21 bits per heavy atom. The highest BCUT2D eigenvalue weighted by molar-refractivity contribution is 6.31. The Bertz CT molecular complexity index is 813. The van der Waals surface area contributed by atoms with E-state index in [2.05, 4.69) is 12.0 Å². The Labute approximate surface area is 171 Å². The molecule has 2 aromatic rings. The van der Waals surface area contributed by atoms with E-state index >= 15 is 0 Å². The standard InChI is InChI=1S/C21H29ClN2O4/c1-6-11-26-13-15(2)28-17-9-7-16(8-10-17)14-27-18-12-23-24(21(3,4)5)20(25)19(18)22/h7-10,12,15H,6,11,13-14H2,1-5H3. The number of nitrogens with zero attached hydrogens (tertiary/aromatic N) is 2. The molecule has 28 heavy (non-hydrogen) atoms. The fraction of sp³-hybridized carbons (Fsp3) is 0.524. The Morgan fingerprint density at radius 2 is 1.89 bits per heavy atom. The molecule has 0 saturated carbocycles. The summed E-state index contributed by atoms with van der Waals surface area (Å²) < 4.78 is 18.3. The molecule has 0 fully saturated rings. The van der Waals surface area contributed by atoms with Gasteiger partial charge in [0.05, 0.1) is 18.3 Å². The van der Waals surface area contributed by atoms with Gasteiger partial charge < -0.3 is 14.2 Å². The van der Waals surface area contributed by atoms with Crippen molar-refractivity contribution in [3.63, 3.8) is 0 Å². The molecule has 0 aliphatic carbocycles. The van der Waals surface area contributed by atoms with E-state index in [1.165, 1.54) is 10.9 Å². The van der Waals surface area contributed by atoms with E-state index in [1.54, 1.807) is 0 Å². The summed E-state index contributed by atoms with van der Waals surface area (Å²) in [4.78, 5) is 12.4. The van der Waals surface area contributed by atoms with Crippen molar-refractivity contribution in [2.45, 2.75) is 59.3 Å². The first kappa shape index (κ1) is 22.2. The lowest BCUT2D eigenvalue weighted by atomic mass is 10.1. The van der Waals surface area contributed by atoms with Crippen LogP contribution in [0.3, 0.4) is 0 Å². The lowest BCUT2D eigenvalue weighted by Gasteiger charge is -2.21. The van der Waals surface area contributed by atoms with Crippen molar-refractivity contribution in [2.24, 2.45) is 0 Å². The maximum Gasteiger partial charge on any atom is 0.289 e. The summed E-state index contributed by atoms with van der Waals surface area (Å²) in [5.41, 5.74) is 0.112. The third-order valence-corrected chi connectivity index (χ3v) is 4.23. The molecule has 0 aliphatic rings. The van der Waals surface area contributed by atoms with Crippen LogP contribution in [0.5, 0.6) is 11.5 Å². The van der Waals surface area contributed by atoms with Gasteiger partial charge in [-0.15, -0.1) is 0 Å². The molecule has 2 rings (SSSR count). The zero-order chi connectivity index (χ0) is 20.7. The number of benzene rings is 1. The second-order valence-corrected chi connectivity index (χ2v) is 8.02. The highest BCUT2D eigenvalue weighted by atomic mass is 35.5. The number of ether oxygens (including phenoxy) is 3. The largest absolute Gasteiger partial charge is 0.488 e. The molecule has 0 aliphatic heterocycles. The van der Waals surface area contributed by atoms with Gasteiger partial charge in [-0.05, 0) is 51.8 Å². The van der Waals surface area contributed by atoms with Crippen molar-refractivity contribution in [3.8, 4) is 11.5 Å². The van der Waals surface area contributed by atoms with Crippen LogP contribution < -0.4 is 15.0 Å². The first-order valence-corrected chi connectivity index (χ1v) is 9.84. The van der Waals surface area contributed by atoms with E-state index < -0.39 is 5.54 Å². The van der Waals surface area contributed by atoms with Gasteiger partial charge in [-0.1, -0.05) is 30.7 Å². The molecule has 0 saturated heterocycles. The Hall–Kier alpha value is -2.05. The average Bonchev–Trinajstić information content (AvgIpc) is 2.63. The summed E-state index contributed by atoms with van der Waals surface area (Å²) >= 11 is 6.18. The van der Waals surface area contributed by atoms with Crippen LogP contribution in [0.15, 0.2) is 35.3 Å². The zero-order valence-electron chi connectivity index (χ0n) is 17.2. The second kappa shape index (κ2) is 9.94. The van der Waals surface area contributed by atoms with Crippen molar-refractivity contribution in [1.29, 1.82) is 0 Å². The van der Waals surface area contributed by atoms with Crippen LogP contribution in [0, 0.1) is 0 Å². The summed E-state index contributed by atoms with van der Waals surface area (Å²) in [5.74, 6) is 1.04. The monoisotopic (exact) mass is 408 g/mol. The van der Waals surface area contributed by atoms with Crippen LogP contribution in [-0.4, -0.2) is 29.1 Å². The number of rotatable bonds is 9. The minimum Gasteiger partial charge on any atom is -0.488 e. The van der Waals surface area contributed by atoms with Crippen molar-refractivity contribution in [3.05, 3.63) is 51.4 Å². The van der Waals surface area contributed by atoms with E-state index in [4.69, 9.17) is 25.8 Å². The molecule has 1 aromatic carbocycles. The van der Waals surface area contributed by atoms with Crippen LogP contribution in [-0.2, 0) is 16.9 Å². The molecular weight excluding hydrogens is 380 g/mol. The van der Waals surface area contributed by atoms with Crippen LogP contribution >= 0.6 is 11.6 Å². The van der Waals surface area contributed by atoms with Crippen molar-refractivity contribution >= 4 is 11.6 Å². The molecule has 1 aromatic heterocycles. The first-order valence-electron chi connectivity index (χ1n) is 9.46. The quantitative estimate of drug-likeness (QED) is 0.574. The van der Waals surface area contributed by atoms with Gasteiger partial charge in [0.1, 0.15) is 18.5 Å². The molecule has 154 valence electrons.